The van der Waals surface area contributed by atoms with Crippen LogP contribution in [0.3, 0.4) is 0 Å². The summed E-state index contributed by atoms with van der Waals surface area (Å²) in [5.74, 6) is -1.34. The van der Waals surface area contributed by atoms with Gasteiger partial charge in [0.05, 0.1) is 5.02 Å². The summed E-state index contributed by atoms with van der Waals surface area (Å²) in [7, 11) is 0. The van der Waals surface area contributed by atoms with Crippen LogP contribution in [0.4, 0.5) is 5.69 Å². The molecule has 8 heteroatoms. The van der Waals surface area contributed by atoms with Crippen LogP contribution in [-0.2, 0) is 4.79 Å². The molecule has 0 radical (unpaired) electrons. The maximum Gasteiger partial charge on any atom is 0.371 e. The van der Waals surface area contributed by atoms with Gasteiger partial charge in [0.2, 0.25) is 11.7 Å². The van der Waals surface area contributed by atoms with Crippen molar-refractivity contribution in [2.24, 2.45) is 5.92 Å². The zero-order chi connectivity index (χ0) is 17.9. The predicted octanol–water partition coefficient (Wildman–Crippen LogP) is 3.77. The number of anilines is 1. The first-order valence-electron chi connectivity index (χ1n) is 7.03. The summed E-state index contributed by atoms with van der Waals surface area (Å²) in [6.45, 7) is 3.52. The van der Waals surface area contributed by atoms with Crippen LogP contribution in [0.1, 0.15) is 24.4 Å². The van der Waals surface area contributed by atoms with Gasteiger partial charge in [-0.3, -0.25) is 4.79 Å². The molecule has 2 aromatic rings. The molecular formula is C16H15ClN2O4S. The third kappa shape index (κ3) is 4.33. The van der Waals surface area contributed by atoms with Crippen molar-refractivity contribution < 1.29 is 19.1 Å². The molecule has 0 aliphatic carbocycles. The fourth-order valence-corrected chi connectivity index (χ4v) is 2.30. The Bertz CT molecular complexity index is 801. The Morgan fingerprint density at radius 3 is 2.50 bits per heavy atom. The van der Waals surface area contributed by atoms with Gasteiger partial charge >= 0.3 is 5.97 Å². The highest BCUT2D eigenvalue weighted by molar-refractivity contribution is 7.80. The van der Waals surface area contributed by atoms with E-state index in [0.717, 1.165) is 0 Å². The van der Waals surface area contributed by atoms with Gasteiger partial charge in [0, 0.05) is 17.2 Å². The molecule has 0 saturated heterocycles. The summed E-state index contributed by atoms with van der Waals surface area (Å²) in [4.78, 5) is 22.4. The molecule has 6 nitrogen and oxygen atoms in total. The molecule has 0 atom stereocenters. The number of hydrogen-bond acceptors (Lipinski definition) is 4. The van der Waals surface area contributed by atoms with E-state index in [0.29, 0.717) is 22.0 Å². The van der Waals surface area contributed by atoms with E-state index in [-0.39, 0.29) is 22.7 Å². The van der Waals surface area contributed by atoms with Gasteiger partial charge in [-0.25, -0.2) is 4.79 Å². The summed E-state index contributed by atoms with van der Waals surface area (Å²) >= 11 is 11.3. The summed E-state index contributed by atoms with van der Waals surface area (Å²) in [6, 6.07) is 7.86. The Hall–Kier alpha value is -2.38. The van der Waals surface area contributed by atoms with Crippen LogP contribution in [-0.4, -0.2) is 22.1 Å². The van der Waals surface area contributed by atoms with E-state index in [4.69, 9.17) is 33.3 Å². The van der Waals surface area contributed by atoms with Crippen molar-refractivity contribution in [2.45, 2.75) is 13.8 Å². The van der Waals surface area contributed by atoms with Crippen molar-refractivity contribution in [1.82, 2.24) is 5.32 Å². The van der Waals surface area contributed by atoms with Crippen LogP contribution in [0.25, 0.3) is 11.3 Å². The van der Waals surface area contributed by atoms with Gasteiger partial charge < -0.3 is 20.2 Å². The molecule has 0 spiro atoms. The number of thiocarbonyl (C=S) groups is 1. The number of carboxylic acid groups (broad SMARTS) is 1. The summed E-state index contributed by atoms with van der Waals surface area (Å²) in [5, 5.41) is 14.8. The highest BCUT2D eigenvalue weighted by Crippen LogP contribution is 2.31. The minimum absolute atomic E-state index is 0.166. The number of hydrogen-bond donors (Lipinski definition) is 3. The molecule has 0 bridgehead atoms. The van der Waals surface area contributed by atoms with Gasteiger partial charge in [-0.15, -0.1) is 0 Å². The Morgan fingerprint density at radius 2 is 1.96 bits per heavy atom. The molecular weight excluding hydrogens is 352 g/mol. The number of benzene rings is 1. The zero-order valence-corrected chi connectivity index (χ0v) is 14.5. The number of carboxylic acids is 1. The van der Waals surface area contributed by atoms with E-state index in [1.165, 1.54) is 12.1 Å². The fraction of sp³-hybridized carbons (Fsp3) is 0.188. The quantitative estimate of drug-likeness (QED) is 0.713. The lowest BCUT2D eigenvalue weighted by molar-refractivity contribution is -0.122. The van der Waals surface area contributed by atoms with Crippen molar-refractivity contribution in [3.63, 3.8) is 0 Å². The van der Waals surface area contributed by atoms with E-state index in [2.05, 4.69) is 10.6 Å². The summed E-state index contributed by atoms with van der Waals surface area (Å²) in [5.41, 5.74) is 1.13. The molecule has 126 valence electrons. The minimum atomic E-state index is -1.15. The Morgan fingerprint density at radius 1 is 1.25 bits per heavy atom. The van der Waals surface area contributed by atoms with Crippen LogP contribution in [0.15, 0.2) is 34.7 Å². The average molecular weight is 367 g/mol. The number of furan rings is 1. The topological polar surface area (TPSA) is 91.6 Å². The molecule has 0 saturated carbocycles. The third-order valence-electron chi connectivity index (χ3n) is 3.07. The van der Waals surface area contributed by atoms with Crippen LogP contribution in [0.5, 0.6) is 0 Å². The molecule has 0 aliphatic rings. The van der Waals surface area contributed by atoms with Gasteiger partial charge in [-0.05, 0) is 42.5 Å². The number of rotatable bonds is 4. The van der Waals surface area contributed by atoms with Crippen LogP contribution in [0.2, 0.25) is 5.02 Å². The maximum absolute atomic E-state index is 11.6. The lowest BCUT2D eigenvalue weighted by Gasteiger charge is -2.12. The second-order valence-electron chi connectivity index (χ2n) is 5.26. The highest BCUT2D eigenvalue weighted by atomic mass is 35.5. The largest absolute Gasteiger partial charge is 0.475 e. The smallest absolute Gasteiger partial charge is 0.371 e. The molecule has 1 aromatic heterocycles. The second kappa shape index (κ2) is 7.46. The molecule has 2 rings (SSSR count). The number of carbonyl (C=O) groups excluding carboxylic acids is 1. The molecule has 3 N–H and O–H groups in total. The number of halogens is 1. The van der Waals surface area contributed by atoms with Gasteiger partial charge in [-0.2, -0.15) is 0 Å². The van der Waals surface area contributed by atoms with E-state index < -0.39 is 5.97 Å². The number of aromatic carboxylic acids is 1. The summed E-state index contributed by atoms with van der Waals surface area (Å²) < 4.78 is 5.22. The Balaban J connectivity index is 2.13. The van der Waals surface area contributed by atoms with E-state index in [1.807, 2.05) is 0 Å². The number of carbonyl (C=O) groups is 2. The lowest BCUT2D eigenvalue weighted by Crippen LogP contribution is -2.36. The Labute approximate surface area is 148 Å². The monoisotopic (exact) mass is 366 g/mol. The SMILES string of the molecule is CC(C)C(=O)NC(=S)Nc1ccc(-c2ccc(C(=O)O)o2)c(Cl)c1. The molecule has 1 heterocycles. The number of nitrogens with one attached hydrogen (secondary N) is 2. The third-order valence-corrected chi connectivity index (χ3v) is 3.59. The van der Waals surface area contributed by atoms with Crippen LogP contribution < -0.4 is 10.6 Å². The van der Waals surface area contributed by atoms with Crippen LogP contribution >= 0.6 is 23.8 Å². The number of amides is 1. The van der Waals surface area contributed by atoms with Gasteiger partial charge in [-0.1, -0.05) is 25.4 Å². The second-order valence-corrected chi connectivity index (χ2v) is 6.08. The lowest BCUT2D eigenvalue weighted by atomic mass is 10.1. The van der Waals surface area contributed by atoms with Crippen LogP contribution in [0, 0.1) is 5.92 Å². The van der Waals surface area contributed by atoms with Crippen molar-refractivity contribution in [1.29, 1.82) is 0 Å². The van der Waals surface area contributed by atoms with Crippen molar-refractivity contribution in [3.05, 3.63) is 41.1 Å². The van der Waals surface area contributed by atoms with E-state index >= 15 is 0 Å². The molecule has 0 fully saturated rings. The van der Waals surface area contributed by atoms with E-state index in [1.54, 1.807) is 32.0 Å². The normalized spacial score (nSPS) is 10.5. The van der Waals surface area contributed by atoms with Gasteiger partial charge in [0.25, 0.3) is 0 Å². The minimum Gasteiger partial charge on any atom is -0.475 e. The van der Waals surface area contributed by atoms with Gasteiger partial charge in [0.15, 0.2) is 5.11 Å². The fourth-order valence-electron chi connectivity index (χ4n) is 1.81. The highest BCUT2D eigenvalue weighted by Gasteiger charge is 2.14. The Kier molecular flexibility index (Phi) is 5.58. The van der Waals surface area contributed by atoms with Crippen molar-refractivity contribution >= 4 is 46.5 Å². The standard InChI is InChI=1S/C16H15ClN2O4S/c1-8(2)14(20)19-16(24)18-9-3-4-10(11(17)7-9)12-5-6-13(23-12)15(21)22/h3-8H,1-2H3,(H,21,22)(H2,18,19,20,24). The molecule has 0 aliphatic heterocycles. The van der Waals surface area contributed by atoms with E-state index in [9.17, 15) is 9.59 Å². The zero-order valence-electron chi connectivity index (χ0n) is 12.9. The first-order valence-corrected chi connectivity index (χ1v) is 7.81. The molecule has 0 unspecified atom stereocenters. The molecule has 24 heavy (non-hydrogen) atoms. The molecule has 1 amide bonds. The van der Waals surface area contributed by atoms with Gasteiger partial charge in [0.1, 0.15) is 5.76 Å². The average Bonchev–Trinajstić information content (AvgIpc) is 2.96. The first-order chi connectivity index (χ1) is 11.3. The maximum atomic E-state index is 11.6. The summed E-state index contributed by atoms with van der Waals surface area (Å²) in [6.07, 6.45) is 0. The molecule has 1 aromatic carbocycles. The first kappa shape index (κ1) is 18.0. The van der Waals surface area contributed by atoms with Crippen molar-refractivity contribution in [3.8, 4) is 11.3 Å². The predicted molar refractivity (Wildman–Crippen MR) is 95.3 cm³/mol. The van der Waals surface area contributed by atoms with Crippen molar-refractivity contribution in [2.75, 3.05) is 5.32 Å².